The van der Waals surface area contributed by atoms with Crippen molar-refractivity contribution in [1.82, 2.24) is 10.2 Å². The van der Waals surface area contributed by atoms with Gasteiger partial charge in [-0.1, -0.05) is 12.8 Å². The van der Waals surface area contributed by atoms with Crippen LogP contribution < -0.4 is 10.3 Å². The van der Waals surface area contributed by atoms with Crippen molar-refractivity contribution in [2.24, 2.45) is 0 Å². The van der Waals surface area contributed by atoms with E-state index in [2.05, 4.69) is 23.2 Å². The Labute approximate surface area is 130 Å². The summed E-state index contributed by atoms with van der Waals surface area (Å²) >= 11 is 0. The average molecular weight is 298 g/mol. The molecule has 3 rings (SSSR count). The van der Waals surface area contributed by atoms with Crippen LogP contribution in [0.1, 0.15) is 44.1 Å². The van der Waals surface area contributed by atoms with Gasteiger partial charge in [-0.05, 0) is 62.4 Å². The van der Waals surface area contributed by atoms with E-state index in [1.54, 1.807) is 6.07 Å². The Kier molecular flexibility index (Phi) is 4.56. The highest BCUT2D eigenvalue weighted by atomic mass is 16.5. The Balaban J connectivity index is 1.76. The van der Waals surface area contributed by atoms with E-state index in [1.807, 2.05) is 12.1 Å². The third-order valence-electron chi connectivity index (χ3n) is 4.25. The second kappa shape index (κ2) is 6.77. The van der Waals surface area contributed by atoms with E-state index in [0.717, 1.165) is 35.4 Å². The molecule has 1 N–H and O–H groups in total. The molecule has 0 atom stereocenters. The van der Waals surface area contributed by atoms with Crippen LogP contribution in [0, 0.1) is 6.92 Å². The second-order valence-corrected chi connectivity index (χ2v) is 6.02. The lowest BCUT2D eigenvalue weighted by Gasteiger charge is -2.19. The summed E-state index contributed by atoms with van der Waals surface area (Å²) in [7, 11) is 0. The quantitative estimate of drug-likeness (QED) is 0.876. The third kappa shape index (κ3) is 3.56. The highest BCUT2D eigenvalue weighted by molar-refractivity contribution is 5.61. The first-order chi connectivity index (χ1) is 10.7. The van der Waals surface area contributed by atoms with Crippen LogP contribution in [0.2, 0.25) is 0 Å². The van der Waals surface area contributed by atoms with Crippen LogP contribution in [0.15, 0.2) is 35.1 Å². The molecule has 0 aliphatic heterocycles. The maximum Gasteiger partial charge on any atom is 0.264 e. The number of nitrogens with one attached hydrogen (secondary N) is 1. The maximum atomic E-state index is 11.1. The van der Waals surface area contributed by atoms with Crippen LogP contribution in [0.4, 0.5) is 0 Å². The van der Waals surface area contributed by atoms with Crippen LogP contribution in [-0.4, -0.2) is 16.3 Å². The molecule has 1 aliphatic rings. The molecule has 0 saturated heterocycles. The first-order valence-electron chi connectivity index (χ1n) is 8.06. The molecule has 116 valence electrons. The fourth-order valence-corrected chi connectivity index (χ4v) is 2.99. The molecular formula is C18H22N2O2. The van der Waals surface area contributed by atoms with Gasteiger partial charge in [-0.15, -0.1) is 0 Å². The molecule has 1 aromatic heterocycles. The number of aryl methyl sites for hydroxylation is 1. The van der Waals surface area contributed by atoms with Gasteiger partial charge >= 0.3 is 0 Å². The topological polar surface area (TPSA) is 55.0 Å². The van der Waals surface area contributed by atoms with Crippen LogP contribution in [0.3, 0.4) is 0 Å². The number of ether oxygens (including phenoxy) is 1. The first-order valence-corrected chi connectivity index (χ1v) is 8.06. The van der Waals surface area contributed by atoms with E-state index in [9.17, 15) is 4.79 Å². The molecule has 2 aromatic rings. The number of H-pyrrole nitrogens is 1. The van der Waals surface area contributed by atoms with Gasteiger partial charge in [-0.2, -0.15) is 5.10 Å². The molecule has 1 saturated carbocycles. The van der Waals surface area contributed by atoms with Gasteiger partial charge < -0.3 is 4.74 Å². The van der Waals surface area contributed by atoms with Gasteiger partial charge in [0, 0.05) is 11.6 Å². The predicted molar refractivity (Wildman–Crippen MR) is 87.1 cm³/mol. The minimum atomic E-state index is -0.186. The smallest absolute Gasteiger partial charge is 0.264 e. The van der Waals surface area contributed by atoms with Crippen LogP contribution in [-0.2, 0) is 0 Å². The largest absolute Gasteiger partial charge is 0.490 e. The summed E-state index contributed by atoms with van der Waals surface area (Å²) < 4.78 is 6.20. The molecule has 22 heavy (non-hydrogen) atoms. The van der Waals surface area contributed by atoms with Gasteiger partial charge in [0.05, 0.1) is 11.8 Å². The Bertz CT molecular complexity index is 665. The molecule has 1 fully saturated rings. The Morgan fingerprint density at radius 3 is 2.50 bits per heavy atom. The zero-order valence-electron chi connectivity index (χ0n) is 13.0. The van der Waals surface area contributed by atoms with Crippen molar-refractivity contribution in [2.75, 3.05) is 0 Å². The summed E-state index contributed by atoms with van der Waals surface area (Å²) in [5, 5.41) is 6.54. The highest BCUT2D eigenvalue weighted by Gasteiger charge is 2.15. The molecule has 4 nitrogen and oxygen atoms in total. The monoisotopic (exact) mass is 298 g/mol. The van der Waals surface area contributed by atoms with Crippen molar-refractivity contribution >= 4 is 0 Å². The molecule has 0 radical (unpaired) electrons. The third-order valence-corrected chi connectivity index (χ3v) is 4.25. The number of aromatic nitrogens is 2. The molecule has 1 aromatic carbocycles. The minimum absolute atomic E-state index is 0.186. The lowest BCUT2D eigenvalue weighted by molar-refractivity contribution is 0.182. The maximum absolute atomic E-state index is 11.1. The van der Waals surface area contributed by atoms with Gasteiger partial charge in [0.2, 0.25) is 0 Å². The summed E-state index contributed by atoms with van der Waals surface area (Å²) in [5.74, 6) is 0.958. The van der Waals surface area contributed by atoms with Crippen molar-refractivity contribution in [3.63, 3.8) is 0 Å². The molecule has 1 heterocycles. The number of hydrogen-bond donors (Lipinski definition) is 1. The molecule has 0 spiro atoms. The second-order valence-electron chi connectivity index (χ2n) is 6.02. The minimum Gasteiger partial charge on any atom is -0.490 e. The number of rotatable bonds is 3. The molecule has 1 aliphatic carbocycles. The van der Waals surface area contributed by atoms with E-state index in [4.69, 9.17) is 4.74 Å². The van der Waals surface area contributed by atoms with Crippen molar-refractivity contribution in [2.45, 2.75) is 51.6 Å². The van der Waals surface area contributed by atoms with Crippen molar-refractivity contribution in [1.29, 1.82) is 0 Å². The SMILES string of the molecule is Cc1cc(-c2ccc(=O)[nH]n2)ccc1OC1CCCCCC1. The number of aromatic amines is 1. The van der Waals surface area contributed by atoms with E-state index in [1.165, 1.54) is 31.7 Å². The van der Waals surface area contributed by atoms with E-state index in [-0.39, 0.29) is 5.56 Å². The van der Waals surface area contributed by atoms with Crippen LogP contribution >= 0.6 is 0 Å². The van der Waals surface area contributed by atoms with Crippen LogP contribution in [0.5, 0.6) is 5.75 Å². The summed E-state index contributed by atoms with van der Waals surface area (Å²) in [5.41, 5.74) is 2.68. The van der Waals surface area contributed by atoms with Gasteiger partial charge in [0.15, 0.2) is 0 Å². The van der Waals surface area contributed by atoms with Gasteiger partial charge in [0.1, 0.15) is 5.75 Å². The summed E-state index contributed by atoms with van der Waals surface area (Å²) in [6.45, 7) is 2.06. The Morgan fingerprint density at radius 1 is 1.09 bits per heavy atom. The lowest BCUT2D eigenvalue weighted by atomic mass is 10.1. The van der Waals surface area contributed by atoms with Crippen LogP contribution in [0.25, 0.3) is 11.3 Å². The summed E-state index contributed by atoms with van der Waals surface area (Å²) in [6, 6.07) is 9.31. The van der Waals surface area contributed by atoms with Crippen molar-refractivity contribution in [3.05, 3.63) is 46.2 Å². The Morgan fingerprint density at radius 2 is 1.86 bits per heavy atom. The molecule has 0 bridgehead atoms. The average Bonchev–Trinajstić information content (AvgIpc) is 2.79. The summed E-state index contributed by atoms with van der Waals surface area (Å²) in [4.78, 5) is 11.1. The normalized spacial score (nSPS) is 16.2. The van der Waals surface area contributed by atoms with E-state index >= 15 is 0 Å². The standard InChI is InChI=1S/C18H22N2O2/c1-13-12-14(16-9-11-18(21)20-19-16)8-10-17(13)22-15-6-4-2-3-5-7-15/h8-12,15H,2-7H2,1H3,(H,20,21). The zero-order chi connectivity index (χ0) is 15.4. The molecule has 4 heteroatoms. The van der Waals surface area contributed by atoms with E-state index < -0.39 is 0 Å². The molecule has 0 unspecified atom stereocenters. The summed E-state index contributed by atoms with van der Waals surface area (Å²) in [6.07, 6.45) is 7.85. The first kappa shape index (κ1) is 14.8. The predicted octanol–water partition coefficient (Wildman–Crippen LogP) is 3.85. The molecular weight excluding hydrogens is 276 g/mol. The lowest BCUT2D eigenvalue weighted by Crippen LogP contribution is -2.15. The van der Waals surface area contributed by atoms with E-state index in [0.29, 0.717) is 6.10 Å². The molecule has 0 amide bonds. The fourth-order valence-electron chi connectivity index (χ4n) is 2.99. The number of nitrogens with zero attached hydrogens (tertiary/aromatic N) is 1. The fraction of sp³-hybridized carbons (Fsp3) is 0.444. The number of benzene rings is 1. The van der Waals surface area contributed by atoms with Crippen molar-refractivity contribution in [3.8, 4) is 17.0 Å². The van der Waals surface area contributed by atoms with Gasteiger partial charge in [0.25, 0.3) is 5.56 Å². The van der Waals surface area contributed by atoms with Gasteiger partial charge in [-0.25, -0.2) is 5.10 Å². The highest BCUT2D eigenvalue weighted by Crippen LogP contribution is 2.28. The Hall–Kier alpha value is -2.10. The van der Waals surface area contributed by atoms with Crippen molar-refractivity contribution < 1.29 is 4.74 Å². The zero-order valence-corrected chi connectivity index (χ0v) is 13.0. The van der Waals surface area contributed by atoms with Gasteiger partial charge in [-0.3, -0.25) is 4.79 Å². The number of hydrogen-bond acceptors (Lipinski definition) is 3.